The molecule has 6 nitrogen and oxygen atoms in total. The molecule has 1 saturated heterocycles. The first-order valence-electron chi connectivity index (χ1n) is 9.54. The summed E-state index contributed by atoms with van der Waals surface area (Å²) in [6.07, 6.45) is 1.99. The lowest BCUT2D eigenvalue weighted by atomic mass is 10.1. The Hall–Kier alpha value is -2.96. The lowest BCUT2D eigenvalue weighted by Crippen LogP contribution is -2.40. The van der Waals surface area contributed by atoms with Crippen LogP contribution >= 0.6 is 0 Å². The number of aliphatic hydroxyl groups is 1. The van der Waals surface area contributed by atoms with Crippen LogP contribution in [0.4, 0.5) is 0 Å². The van der Waals surface area contributed by atoms with Gasteiger partial charge in [-0.05, 0) is 12.0 Å². The second-order valence-electron chi connectivity index (χ2n) is 7.12. The van der Waals surface area contributed by atoms with Gasteiger partial charge in [0.25, 0.3) is 0 Å². The SMILES string of the molecule is O=C(NCc1cn(Cc2ccccc2)nc1-c1ccccc1)[C@@H]1C[C@H](O)CN1. The predicted octanol–water partition coefficient (Wildman–Crippen LogP) is 1.94. The third-order valence-corrected chi connectivity index (χ3v) is 4.95. The zero-order chi connectivity index (χ0) is 19.3. The molecule has 144 valence electrons. The van der Waals surface area contributed by atoms with E-state index in [1.165, 1.54) is 5.56 Å². The highest BCUT2D eigenvalue weighted by molar-refractivity contribution is 5.82. The van der Waals surface area contributed by atoms with Crippen LogP contribution in [-0.4, -0.2) is 39.5 Å². The second-order valence-corrected chi connectivity index (χ2v) is 7.12. The van der Waals surface area contributed by atoms with Gasteiger partial charge in [0, 0.05) is 30.4 Å². The molecular weight excluding hydrogens is 352 g/mol. The van der Waals surface area contributed by atoms with Gasteiger partial charge in [0.2, 0.25) is 5.91 Å². The van der Waals surface area contributed by atoms with Crippen LogP contribution in [0.3, 0.4) is 0 Å². The molecule has 1 amide bonds. The summed E-state index contributed by atoms with van der Waals surface area (Å²) in [6.45, 7) is 1.53. The van der Waals surface area contributed by atoms with Crippen molar-refractivity contribution in [3.8, 4) is 11.3 Å². The molecule has 3 N–H and O–H groups in total. The molecule has 2 heterocycles. The molecule has 0 radical (unpaired) electrons. The molecule has 28 heavy (non-hydrogen) atoms. The molecule has 1 fully saturated rings. The first-order valence-corrected chi connectivity index (χ1v) is 9.54. The summed E-state index contributed by atoms with van der Waals surface area (Å²) in [4.78, 5) is 12.4. The van der Waals surface area contributed by atoms with Crippen molar-refractivity contribution in [3.63, 3.8) is 0 Å². The van der Waals surface area contributed by atoms with Gasteiger partial charge in [0.15, 0.2) is 0 Å². The summed E-state index contributed by atoms with van der Waals surface area (Å²) in [6, 6.07) is 19.8. The first kappa shape index (κ1) is 18.4. The van der Waals surface area contributed by atoms with Crippen LogP contribution in [0.25, 0.3) is 11.3 Å². The minimum absolute atomic E-state index is 0.0913. The van der Waals surface area contributed by atoms with Crippen molar-refractivity contribution in [2.45, 2.75) is 31.7 Å². The van der Waals surface area contributed by atoms with Crippen LogP contribution in [0, 0.1) is 0 Å². The molecule has 2 aromatic carbocycles. The van der Waals surface area contributed by atoms with E-state index in [4.69, 9.17) is 5.10 Å². The number of carbonyl (C=O) groups is 1. The number of rotatable bonds is 6. The van der Waals surface area contributed by atoms with Gasteiger partial charge in [0.05, 0.1) is 24.4 Å². The summed E-state index contributed by atoms with van der Waals surface area (Å²) in [7, 11) is 0. The van der Waals surface area contributed by atoms with Gasteiger partial charge < -0.3 is 15.7 Å². The number of β-amino-alcohol motifs (C(OH)–C–C–N with tert-alkyl or cyclic N) is 1. The monoisotopic (exact) mass is 376 g/mol. The third-order valence-electron chi connectivity index (χ3n) is 4.95. The largest absolute Gasteiger partial charge is 0.392 e. The number of aliphatic hydroxyl groups excluding tert-OH is 1. The van der Waals surface area contributed by atoms with Crippen molar-refractivity contribution in [2.75, 3.05) is 6.54 Å². The average molecular weight is 376 g/mol. The fourth-order valence-electron chi connectivity index (χ4n) is 3.50. The van der Waals surface area contributed by atoms with E-state index in [0.717, 1.165) is 16.8 Å². The highest BCUT2D eigenvalue weighted by Gasteiger charge is 2.28. The topological polar surface area (TPSA) is 79.2 Å². The second kappa shape index (κ2) is 8.37. The van der Waals surface area contributed by atoms with Gasteiger partial charge in [-0.25, -0.2) is 0 Å². The number of hydrogen-bond acceptors (Lipinski definition) is 4. The third kappa shape index (κ3) is 4.30. The number of hydrogen-bond donors (Lipinski definition) is 3. The maximum Gasteiger partial charge on any atom is 0.237 e. The number of amides is 1. The van der Waals surface area contributed by atoms with E-state index in [1.807, 2.05) is 59.4 Å². The highest BCUT2D eigenvalue weighted by Crippen LogP contribution is 2.22. The van der Waals surface area contributed by atoms with E-state index in [0.29, 0.717) is 26.1 Å². The van der Waals surface area contributed by atoms with Gasteiger partial charge in [-0.15, -0.1) is 0 Å². The lowest BCUT2D eigenvalue weighted by Gasteiger charge is -2.11. The van der Waals surface area contributed by atoms with Crippen LogP contribution in [0.1, 0.15) is 17.5 Å². The Kier molecular flexibility index (Phi) is 5.50. The van der Waals surface area contributed by atoms with E-state index in [1.54, 1.807) is 0 Å². The van der Waals surface area contributed by atoms with Crippen LogP contribution < -0.4 is 10.6 Å². The van der Waals surface area contributed by atoms with Crippen LogP contribution in [0.2, 0.25) is 0 Å². The average Bonchev–Trinajstić information content (AvgIpc) is 3.34. The molecule has 0 saturated carbocycles. The van der Waals surface area contributed by atoms with Crippen molar-refractivity contribution in [2.24, 2.45) is 0 Å². The Balaban J connectivity index is 1.53. The van der Waals surface area contributed by atoms with Gasteiger partial charge in [-0.3, -0.25) is 9.48 Å². The van der Waals surface area contributed by atoms with E-state index < -0.39 is 6.10 Å². The molecule has 0 aliphatic carbocycles. The molecule has 0 unspecified atom stereocenters. The van der Waals surface area contributed by atoms with Crippen molar-refractivity contribution >= 4 is 5.91 Å². The van der Waals surface area contributed by atoms with Crippen molar-refractivity contribution in [3.05, 3.63) is 78.0 Å². The van der Waals surface area contributed by atoms with Gasteiger partial charge in [-0.2, -0.15) is 5.10 Å². The molecule has 6 heteroatoms. The summed E-state index contributed by atoms with van der Waals surface area (Å²) in [5, 5.41) is 20.4. The van der Waals surface area contributed by atoms with Crippen LogP contribution in [0.5, 0.6) is 0 Å². The molecule has 0 bridgehead atoms. The Morgan fingerprint density at radius 1 is 1.14 bits per heavy atom. The molecule has 0 spiro atoms. The fraction of sp³-hybridized carbons (Fsp3) is 0.273. The maximum atomic E-state index is 12.4. The van der Waals surface area contributed by atoms with Crippen molar-refractivity contribution in [1.29, 1.82) is 0 Å². The smallest absolute Gasteiger partial charge is 0.237 e. The van der Waals surface area contributed by atoms with E-state index in [-0.39, 0.29) is 11.9 Å². The predicted molar refractivity (Wildman–Crippen MR) is 107 cm³/mol. The Bertz CT molecular complexity index is 924. The summed E-state index contributed by atoms with van der Waals surface area (Å²) in [5.74, 6) is -0.0913. The number of benzene rings is 2. The zero-order valence-electron chi connectivity index (χ0n) is 15.6. The lowest BCUT2D eigenvalue weighted by molar-refractivity contribution is -0.123. The van der Waals surface area contributed by atoms with E-state index in [2.05, 4.69) is 22.8 Å². The highest BCUT2D eigenvalue weighted by atomic mass is 16.3. The first-order chi connectivity index (χ1) is 13.7. The molecular formula is C22H24N4O2. The number of nitrogens with one attached hydrogen (secondary N) is 2. The number of carbonyl (C=O) groups excluding carboxylic acids is 1. The fourth-order valence-corrected chi connectivity index (χ4v) is 3.50. The normalized spacial score (nSPS) is 18.9. The van der Waals surface area contributed by atoms with Gasteiger partial charge >= 0.3 is 0 Å². The van der Waals surface area contributed by atoms with Crippen LogP contribution in [0.15, 0.2) is 66.9 Å². The molecule has 1 aromatic heterocycles. The van der Waals surface area contributed by atoms with Crippen LogP contribution in [-0.2, 0) is 17.9 Å². The molecule has 2 atom stereocenters. The Morgan fingerprint density at radius 3 is 2.54 bits per heavy atom. The van der Waals surface area contributed by atoms with E-state index >= 15 is 0 Å². The zero-order valence-corrected chi connectivity index (χ0v) is 15.6. The summed E-state index contributed by atoms with van der Waals surface area (Å²) >= 11 is 0. The van der Waals surface area contributed by atoms with Gasteiger partial charge in [0.1, 0.15) is 0 Å². The molecule has 1 aliphatic rings. The van der Waals surface area contributed by atoms with Crippen molar-refractivity contribution < 1.29 is 9.90 Å². The molecule has 4 rings (SSSR count). The Labute approximate surface area is 164 Å². The quantitative estimate of drug-likeness (QED) is 0.614. The maximum absolute atomic E-state index is 12.4. The summed E-state index contributed by atoms with van der Waals surface area (Å²) < 4.78 is 1.91. The van der Waals surface area contributed by atoms with E-state index in [9.17, 15) is 9.90 Å². The minimum Gasteiger partial charge on any atom is -0.392 e. The number of aromatic nitrogens is 2. The minimum atomic E-state index is -0.454. The van der Waals surface area contributed by atoms with Crippen molar-refractivity contribution in [1.82, 2.24) is 20.4 Å². The summed E-state index contributed by atoms with van der Waals surface area (Å²) in [5.41, 5.74) is 4.03. The molecule has 1 aliphatic heterocycles. The molecule has 3 aromatic rings. The number of nitrogens with zero attached hydrogens (tertiary/aromatic N) is 2. The van der Waals surface area contributed by atoms with Gasteiger partial charge in [-0.1, -0.05) is 60.7 Å². The Morgan fingerprint density at radius 2 is 1.86 bits per heavy atom. The standard InChI is InChI=1S/C22H24N4O2/c27-19-11-20(23-13-19)22(28)24-12-18-15-26(14-16-7-3-1-4-8-16)25-21(18)17-9-5-2-6-10-17/h1-10,15,19-20,23,27H,11-14H2,(H,24,28)/t19-,20-/m0/s1.